The lowest BCUT2D eigenvalue weighted by molar-refractivity contribution is 0.392. The van der Waals surface area contributed by atoms with E-state index in [1.807, 2.05) is 48.6 Å². The van der Waals surface area contributed by atoms with Crippen LogP contribution in [-0.4, -0.2) is 0 Å². The maximum absolute atomic E-state index is 4.29. The molecule has 0 amide bonds. The minimum absolute atomic E-state index is 0.120. The van der Waals surface area contributed by atoms with Crippen LogP contribution in [0.2, 0.25) is 0 Å². The Balaban J connectivity index is 2.06. The maximum Gasteiger partial charge on any atom is 0.0857 e. The maximum atomic E-state index is 4.29. The Labute approximate surface area is 120 Å². The van der Waals surface area contributed by atoms with Gasteiger partial charge in [-0.1, -0.05) is 42.5 Å². The van der Waals surface area contributed by atoms with Gasteiger partial charge >= 0.3 is 0 Å². The van der Waals surface area contributed by atoms with Crippen LogP contribution in [-0.2, 0) is 0 Å². The number of benzene rings is 1. The lowest BCUT2D eigenvalue weighted by Gasteiger charge is -2.29. The van der Waals surface area contributed by atoms with Gasteiger partial charge in [-0.15, -0.1) is 13.2 Å². The monoisotopic (exact) mass is 264 g/mol. The highest BCUT2D eigenvalue weighted by atomic mass is 15.1. The van der Waals surface area contributed by atoms with Gasteiger partial charge in [0.25, 0.3) is 0 Å². The third-order valence-electron chi connectivity index (χ3n) is 3.46. The lowest BCUT2D eigenvalue weighted by Crippen LogP contribution is -2.17. The van der Waals surface area contributed by atoms with Crippen molar-refractivity contribution in [3.8, 4) is 0 Å². The molecule has 102 valence electrons. The number of allylic oxidation sites excluding steroid dienone is 5. The zero-order valence-corrected chi connectivity index (χ0v) is 11.7. The van der Waals surface area contributed by atoms with Crippen LogP contribution in [0.1, 0.15) is 19.3 Å². The molecule has 0 saturated carbocycles. The summed E-state index contributed by atoms with van der Waals surface area (Å²) < 4.78 is 0. The van der Waals surface area contributed by atoms with Gasteiger partial charge < -0.3 is 0 Å². The van der Waals surface area contributed by atoms with Crippen LogP contribution in [0.3, 0.4) is 0 Å². The summed E-state index contributed by atoms with van der Waals surface area (Å²) in [5.41, 5.74) is 1.91. The molecule has 0 atom stereocenters. The molecule has 2 nitrogen and oxygen atoms in total. The van der Waals surface area contributed by atoms with E-state index in [1.165, 1.54) is 0 Å². The predicted molar refractivity (Wildman–Crippen MR) is 84.9 cm³/mol. The molecule has 0 unspecified atom stereocenters. The van der Waals surface area contributed by atoms with E-state index in [1.54, 1.807) is 0 Å². The van der Waals surface area contributed by atoms with E-state index in [4.69, 9.17) is 0 Å². The van der Waals surface area contributed by atoms with Crippen LogP contribution in [0, 0.1) is 5.41 Å². The van der Waals surface area contributed by atoms with Gasteiger partial charge in [-0.3, -0.25) is 0 Å². The fraction of sp³-hybridized carbons (Fsp3) is 0.222. The summed E-state index contributed by atoms with van der Waals surface area (Å²) in [5, 5.41) is 8.52. The highest BCUT2D eigenvalue weighted by molar-refractivity contribution is 5.36. The molecule has 0 heterocycles. The largest absolute Gasteiger partial charge is 0.151 e. The molecule has 1 aromatic carbocycles. The molecule has 0 spiro atoms. The van der Waals surface area contributed by atoms with E-state index in [9.17, 15) is 0 Å². The Bertz CT molecular complexity index is 540. The molecule has 0 bridgehead atoms. The first-order chi connectivity index (χ1) is 9.78. The summed E-state index contributed by atoms with van der Waals surface area (Å²) in [6.07, 6.45) is 13.2. The second-order valence-corrected chi connectivity index (χ2v) is 5.05. The SMILES string of the molecule is C=CCC1(CC=C)C=CC(N=Nc2ccccc2)=CC1. The number of hydrogen-bond acceptors (Lipinski definition) is 2. The molecule has 0 aliphatic heterocycles. The molecule has 0 saturated heterocycles. The van der Waals surface area contributed by atoms with Gasteiger partial charge in [0, 0.05) is 0 Å². The molecular weight excluding hydrogens is 244 g/mol. The first kappa shape index (κ1) is 14.2. The average Bonchev–Trinajstić information content (AvgIpc) is 2.48. The first-order valence-corrected chi connectivity index (χ1v) is 6.86. The smallest absolute Gasteiger partial charge is 0.0857 e. The van der Waals surface area contributed by atoms with Crippen molar-refractivity contribution >= 4 is 5.69 Å². The van der Waals surface area contributed by atoms with Gasteiger partial charge in [0.1, 0.15) is 0 Å². The van der Waals surface area contributed by atoms with Crippen LogP contribution < -0.4 is 0 Å². The van der Waals surface area contributed by atoms with Crippen molar-refractivity contribution in [3.63, 3.8) is 0 Å². The molecule has 2 rings (SSSR count). The highest BCUT2D eigenvalue weighted by Gasteiger charge is 2.25. The third kappa shape index (κ3) is 3.64. The molecule has 0 N–H and O–H groups in total. The van der Waals surface area contributed by atoms with Crippen molar-refractivity contribution in [1.29, 1.82) is 0 Å². The molecule has 2 heteroatoms. The van der Waals surface area contributed by atoms with Crippen molar-refractivity contribution in [1.82, 2.24) is 0 Å². The van der Waals surface area contributed by atoms with Crippen molar-refractivity contribution in [3.05, 3.63) is 79.6 Å². The third-order valence-corrected chi connectivity index (χ3v) is 3.46. The van der Waals surface area contributed by atoms with E-state index in [-0.39, 0.29) is 5.41 Å². The van der Waals surface area contributed by atoms with Gasteiger partial charge in [-0.2, -0.15) is 10.2 Å². The summed E-state index contributed by atoms with van der Waals surface area (Å²) in [6, 6.07) is 9.77. The molecule has 1 aromatic rings. The fourth-order valence-electron chi connectivity index (χ4n) is 2.35. The van der Waals surface area contributed by atoms with Gasteiger partial charge in [-0.05, 0) is 42.9 Å². The van der Waals surface area contributed by atoms with E-state index < -0.39 is 0 Å². The summed E-state index contributed by atoms with van der Waals surface area (Å²) in [4.78, 5) is 0. The molecule has 0 fully saturated rings. The van der Waals surface area contributed by atoms with Crippen molar-refractivity contribution in [2.24, 2.45) is 15.6 Å². The summed E-state index contributed by atoms with van der Waals surface area (Å²) in [5.74, 6) is 0. The Morgan fingerprint density at radius 2 is 1.75 bits per heavy atom. The van der Waals surface area contributed by atoms with Crippen LogP contribution >= 0.6 is 0 Å². The van der Waals surface area contributed by atoms with Crippen molar-refractivity contribution in [2.45, 2.75) is 19.3 Å². The van der Waals surface area contributed by atoms with Crippen LogP contribution in [0.4, 0.5) is 5.69 Å². The molecule has 0 aromatic heterocycles. The Morgan fingerprint density at radius 3 is 2.30 bits per heavy atom. The molecule has 1 aliphatic rings. The summed E-state index contributed by atoms with van der Waals surface area (Å²) in [7, 11) is 0. The first-order valence-electron chi connectivity index (χ1n) is 6.86. The van der Waals surface area contributed by atoms with E-state index in [0.717, 1.165) is 30.6 Å². The van der Waals surface area contributed by atoms with Gasteiger partial charge in [-0.25, -0.2) is 0 Å². The Kier molecular flexibility index (Phi) is 4.83. The topological polar surface area (TPSA) is 24.7 Å². The normalized spacial score (nSPS) is 16.9. The molecular formula is C18H20N2. The number of azo groups is 1. The van der Waals surface area contributed by atoms with Crippen LogP contribution in [0.25, 0.3) is 0 Å². The van der Waals surface area contributed by atoms with Gasteiger partial charge in [0.05, 0.1) is 11.4 Å². The van der Waals surface area contributed by atoms with E-state index in [2.05, 4.69) is 35.5 Å². The molecule has 1 aliphatic carbocycles. The second-order valence-electron chi connectivity index (χ2n) is 5.05. The molecule has 20 heavy (non-hydrogen) atoms. The van der Waals surface area contributed by atoms with Crippen LogP contribution in [0.5, 0.6) is 0 Å². The fourth-order valence-corrected chi connectivity index (χ4v) is 2.35. The zero-order valence-electron chi connectivity index (χ0n) is 11.7. The van der Waals surface area contributed by atoms with Crippen molar-refractivity contribution in [2.75, 3.05) is 0 Å². The number of rotatable bonds is 6. The zero-order chi connectivity index (χ0) is 14.3. The average molecular weight is 264 g/mol. The number of hydrogen-bond donors (Lipinski definition) is 0. The van der Waals surface area contributed by atoms with Gasteiger partial charge in [0.15, 0.2) is 0 Å². The highest BCUT2D eigenvalue weighted by Crippen LogP contribution is 2.37. The van der Waals surface area contributed by atoms with E-state index in [0.29, 0.717) is 0 Å². The number of nitrogens with zero attached hydrogens (tertiary/aromatic N) is 2. The van der Waals surface area contributed by atoms with Gasteiger partial charge in [0.2, 0.25) is 0 Å². The van der Waals surface area contributed by atoms with Crippen molar-refractivity contribution < 1.29 is 0 Å². The standard InChI is InChI=1S/C18H20N2/c1-3-12-18(13-4-2)14-10-17(11-15-18)20-19-16-8-6-5-7-9-16/h3-11,14H,1-2,12-13,15H2. The summed E-state index contributed by atoms with van der Waals surface area (Å²) >= 11 is 0. The minimum Gasteiger partial charge on any atom is -0.151 e. The van der Waals surface area contributed by atoms with Crippen LogP contribution in [0.15, 0.2) is 89.8 Å². The van der Waals surface area contributed by atoms with E-state index >= 15 is 0 Å². The Morgan fingerprint density at radius 1 is 1.05 bits per heavy atom. The molecule has 0 radical (unpaired) electrons. The quantitative estimate of drug-likeness (QED) is 0.461. The predicted octanol–water partition coefficient (Wildman–Crippen LogP) is 5.75. The second kappa shape index (κ2) is 6.80. The minimum atomic E-state index is 0.120. The Hall–Kier alpha value is -2.22. The lowest BCUT2D eigenvalue weighted by atomic mass is 9.75. The summed E-state index contributed by atoms with van der Waals surface area (Å²) in [6.45, 7) is 7.69.